The molecule has 5 amide bonds. The van der Waals surface area contributed by atoms with Crippen molar-refractivity contribution in [1.29, 1.82) is 0 Å². The zero-order valence-corrected chi connectivity index (χ0v) is 18.4. The fourth-order valence-corrected chi connectivity index (χ4v) is 5.22. The fourth-order valence-electron chi connectivity index (χ4n) is 4.41. The van der Waals surface area contributed by atoms with E-state index in [0.29, 0.717) is 12.0 Å². The summed E-state index contributed by atoms with van der Waals surface area (Å²) in [7, 11) is 0. The van der Waals surface area contributed by atoms with Gasteiger partial charge >= 0.3 is 17.8 Å². The second-order valence-electron chi connectivity index (χ2n) is 8.25. The number of imide groups is 2. The molecule has 1 saturated carbocycles. The Kier molecular flexibility index (Phi) is 6.36. The fraction of sp³-hybridized carbons (Fsp3) is 0.391. The van der Waals surface area contributed by atoms with E-state index in [1.54, 1.807) is 12.1 Å². The SMILES string of the molecule is C[C@@H]1CCCC[C@H]1N1C(=O)C(=O)N(CC(=O)N[C@@H](c2ccc(F)cc2)c2cccs2)C1=O. The number of hydrogen-bond acceptors (Lipinski definition) is 5. The maximum Gasteiger partial charge on any atom is 0.334 e. The molecule has 0 bridgehead atoms. The van der Waals surface area contributed by atoms with Crippen molar-refractivity contribution in [3.8, 4) is 0 Å². The van der Waals surface area contributed by atoms with Crippen molar-refractivity contribution in [2.45, 2.75) is 44.7 Å². The van der Waals surface area contributed by atoms with Gasteiger partial charge in [0.15, 0.2) is 0 Å². The summed E-state index contributed by atoms with van der Waals surface area (Å²) >= 11 is 1.42. The molecule has 0 unspecified atom stereocenters. The second-order valence-corrected chi connectivity index (χ2v) is 9.22. The van der Waals surface area contributed by atoms with E-state index in [1.807, 2.05) is 24.4 Å². The number of amides is 5. The monoisotopic (exact) mass is 457 g/mol. The van der Waals surface area contributed by atoms with E-state index < -0.39 is 42.2 Å². The molecule has 1 aromatic carbocycles. The van der Waals surface area contributed by atoms with Crippen LogP contribution in [0.25, 0.3) is 0 Å². The van der Waals surface area contributed by atoms with Crippen molar-refractivity contribution in [2.75, 3.05) is 6.54 Å². The minimum atomic E-state index is -0.975. The van der Waals surface area contributed by atoms with Gasteiger partial charge in [0, 0.05) is 10.9 Å². The van der Waals surface area contributed by atoms with E-state index >= 15 is 0 Å². The van der Waals surface area contributed by atoms with Crippen LogP contribution in [0.15, 0.2) is 41.8 Å². The van der Waals surface area contributed by atoms with Crippen molar-refractivity contribution >= 4 is 35.1 Å². The van der Waals surface area contributed by atoms with Gasteiger partial charge in [-0.25, -0.2) is 14.1 Å². The van der Waals surface area contributed by atoms with Crippen LogP contribution < -0.4 is 5.32 Å². The van der Waals surface area contributed by atoms with Crippen LogP contribution in [0.4, 0.5) is 9.18 Å². The molecule has 0 radical (unpaired) electrons. The van der Waals surface area contributed by atoms with E-state index in [4.69, 9.17) is 0 Å². The third-order valence-electron chi connectivity index (χ3n) is 6.12. The molecular weight excluding hydrogens is 433 g/mol. The summed E-state index contributed by atoms with van der Waals surface area (Å²) in [6.45, 7) is 1.42. The van der Waals surface area contributed by atoms with Gasteiger partial charge in [0.2, 0.25) is 5.91 Å². The van der Waals surface area contributed by atoms with Crippen LogP contribution in [0, 0.1) is 11.7 Å². The zero-order chi connectivity index (χ0) is 22.8. The van der Waals surface area contributed by atoms with Crippen LogP contribution in [0.2, 0.25) is 0 Å². The molecule has 2 heterocycles. The van der Waals surface area contributed by atoms with Crippen LogP contribution in [0.5, 0.6) is 0 Å². The Morgan fingerprint density at radius 2 is 1.84 bits per heavy atom. The molecule has 4 rings (SSSR count). The number of benzene rings is 1. The molecular formula is C23H24FN3O4S. The maximum atomic E-state index is 13.4. The minimum Gasteiger partial charge on any atom is -0.343 e. The van der Waals surface area contributed by atoms with Gasteiger partial charge in [0.25, 0.3) is 0 Å². The number of nitrogens with zero attached hydrogens (tertiary/aromatic N) is 2. The quantitative estimate of drug-likeness (QED) is 0.532. The first-order chi connectivity index (χ1) is 15.4. The average molecular weight is 458 g/mol. The first kappa shape index (κ1) is 22.1. The van der Waals surface area contributed by atoms with Gasteiger partial charge in [-0.2, -0.15) is 0 Å². The Labute approximate surface area is 189 Å². The van der Waals surface area contributed by atoms with Crippen LogP contribution in [0.3, 0.4) is 0 Å². The highest BCUT2D eigenvalue weighted by Gasteiger charge is 2.49. The average Bonchev–Trinajstić information content (AvgIpc) is 3.38. The minimum absolute atomic E-state index is 0.111. The van der Waals surface area contributed by atoms with E-state index in [9.17, 15) is 23.6 Å². The Morgan fingerprint density at radius 3 is 2.50 bits per heavy atom. The van der Waals surface area contributed by atoms with Crippen molar-refractivity contribution in [1.82, 2.24) is 15.1 Å². The smallest absolute Gasteiger partial charge is 0.334 e. The lowest BCUT2D eigenvalue weighted by Gasteiger charge is -2.34. The first-order valence-electron chi connectivity index (χ1n) is 10.6. The number of carbonyl (C=O) groups excluding carboxylic acids is 4. The summed E-state index contributed by atoms with van der Waals surface area (Å²) in [4.78, 5) is 53.4. The van der Waals surface area contributed by atoms with E-state index in [1.165, 1.54) is 23.5 Å². The molecule has 3 atom stereocenters. The third kappa shape index (κ3) is 4.29. The molecule has 32 heavy (non-hydrogen) atoms. The molecule has 2 aromatic rings. The molecule has 2 fully saturated rings. The number of rotatable bonds is 6. The first-order valence-corrected chi connectivity index (χ1v) is 11.5. The normalized spacial score (nSPS) is 22.4. The van der Waals surface area contributed by atoms with Gasteiger partial charge in [0.1, 0.15) is 12.4 Å². The van der Waals surface area contributed by atoms with Gasteiger partial charge in [-0.05, 0) is 47.9 Å². The summed E-state index contributed by atoms with van der Waals surface area (Å²) in [5.74, 6) is -2.71. The summed E-state index contributed by atoms with van der Waals surface area (Å²) in [5.41, 5.74) is 0.662. The predicted octanol–water partition coefficient (Wildman–Crippen LogP) is 3.46. The van der Waals surface area contributed by atoms with Gasteiger partial charge in [-0.3, -0.25) is 19.3 Å². The van der Waals surface area contributed by atoms with Crippen LogP contribution in [-0.2, 0) is 14.4 Å². The highest BCUT2D eigenvalue weighted by atomic mass is 32.1. The lowest BCUT2D eigenvalue weighted by molar-refractivity contribution is -0.145. The van der Waals surface area contributed by atoms with Crippen molar-refractivity contribution in [3.63, 3.8) is 0 Å². The third-order valence-corrected chi connectivity index (χ3v) is 7.06. The molecule has 1 saturated heterocycles. The van der Waals surface area contributed by atoms with Crippen LogP contribution in [-0.4, -0.2) is 46.1 Å². The summed E-state index contributed by atoms with van der Waals surface area (Å²) in [6, 6.07) is 7.79. The molecule has 9 heteroatoms. The maximum absolute atomic E-state index is 13.4. The number of halogens is 1. The van der Waals surface area contributed by atoms with Gasteiger partial charge in [-0.1, -0.05) is 38.0 Å². The Bertz CT molecular complexity index is 1020. The van der Waals surface area contributed by atoms with Gasteiger partial charge in [-0.15, -0.1) is 11.3 Å². The Hall–Kier alpha value is -3.07. The van der Waals surface area contributed by atoms with Gasteiger partial charge in [0.05, 0.1) is 6.04 Å². The molecule has 0 spiro atoms. The molecule has 1 aromatic heterocycles. The topological polar surface area (TPSA) is 86.8 Å². The molecule has 1 N–H and O–H groups in total. The van der Waals surface area contributed by atoms with E-state index in [0.717, 1.165) is 33.9 Å². The van der Waals surface area contributed by atoms with Crippen molar-refractivity contribution < 1.29 is 23.6 Å². The second kappa shape index (κ2) is 9.20. The highest BCUT2D eigenvalue weighted by molar-refractivity contribution is 7.10. The standard InChI is InChI=1S/C23H24FN3O4S/c1-14-5-2-3-6-17(14)27-22(30)21(29)26(23(27)31)13-19(28)25-20(18-7-4-12-32-18)15-8-10-16(24)11-9-15/h4,7-12,14,17,20H,2-3,5-6,13H2,1H3,(H,25,28)/t14-,17-,20+/m1/s1. The van der Waals surface area contributed by atoms with Crippen molar-refractivity contribution in [2.24, 2.45) is 5.92 Å². The van der Waals surface area contributed by atoms with E-state index in [-0.39, 0.29) is 12.0 Å². The summed E-state index contributed by atoms with van der Waals surface area (Å²) < 4.78 is 13.4. The number of urea groups is 1. The van der Waals surface area contributed by atoms with Crippen LogP contribution >= 0.6 is 11.3 Å². The predicted molar refractivity (Wildman–Crippen MR) is 116 cm³/mol. The van der Waals surface area contributed by atoms with Crippen molar-refractivity contribution in [3.05, 3.63) is 58.0 Å². The Morgan fingerprint density at radius 1 is 1.12 bits per heavy atom. The summed E-state index contributed by atoms with van der Waals surface area (Å²) in [6.07, 6.45) is 3.47. The number of thiophene rings is 1. The van der Waals surface area contributed by atoms with E-state index in [2.05, 4.69) is 5.32 Å². The molecule has 1 aliphatic heterocycles. The van der Waals surface area contributed by atoms with Gasteiger partial charge < -0.3 is 5.32 Å². The zero-order valence-electron chi connectivity index (χ0n) is 17.6. The lowest BCUT2D eigenvalue weighted by Crippen LogP contribution is -2.47. The molecule has 2 aliphatic rings. The Balaban J connectivity index is 1.49. The van der Waals surface area contributed by atoms with Crippen LogP contribution in [0.1, 0.15) is 49.1 Å². The largest absolute Gasteiger partial charge is 0.343 e. The lowest BCUT2D eigenvalue weighted by atomic mass is 9.85. The number of hydrogen-bond donors (Lipinski definition) is 1. The molecule has 1 aliphatic carbocycles. The highest BCUT2D eigenvalue weighted by Crippen LogP contribution is 2.31. The summed E-state index contributed by atoms with van der Waals surface area (Å²) in [5, 5.41) is 4.67. The molecule has 168 valence electrons. The number of nitrogens with one attached hydrogen (secondary N) is 1. The number of carbonyl (C=O) groups is 4. The molecule has 7 nitrogen and oxygen atoms in total.